The number of carbonyl (C=O) groups is 1. The fourth-order valence-electron chi connectivity index (χ4n) is 1.92. The summed E-state index contributed by atoms with van der Waals surface area (Å²) >= 11 is 11.8. The third-order valence-corrected chi connectivity index (χ3v) is 3.78. The Morgan fingerprint density at radius 3 is 2.62 bits per heavy atom. The number of nitrogens with zero attached hydrogens (tertiary/aromatic N) is 3. The zero-order chi connectivity index (χ0) is 15.6. The first-order chi connectivity index (χ1) is 9.86. The summed E-state index contributed by atoms with van der Waals surface area (Å²) in [5.41, 5.74) is 0.618. The summed E-state index contributed by atoms with van der Waals surface area (Å²) < 4.78 is 1.73. The average molecular weight is 327 g/mol. The molecule has 1 aromatic heterocycles. The minimum atomic E-state index is -0.251. The lowest BCUT2D eigenvalue weighted by Gasteiger charge is -2.13. The number of aryl methyl sites for hydroxylation is 2. The molecule has 0 aliphatic rings. The molecule has 2 rings (SSSR count). The van der Waals surface area contributed by atoms with E-state index in [1.807, 2.05) is 20.8 Å². The van der Waals surface area contributed by atoms with Gasteiger partial charge in [-0.25, -0.2) is 9.67 Å². The van der Waals surface area contributed by atoms with Crippen LogP contribution in [0.3, 0.4) is 0 Å². The third-order valence-electron chi connectivity index (χ3n) is 3.04. The highest BCUT2D eigenvalue weighted by Crippen LogP contribution is 2.25. The van der Waals surface area contributed by atoms with Gasteiger partial charge in [-0.05, 0) is 32.0 Å². The summed E-state index contributed by atoms with van der Waals surface area (Å²) in [5, 5.41) is 7.93. The van der Waals surface area contributed by atoms with E-state index in [2.05, 4.69) is 15.4 Å². The van der Waals surface area contributed by atoms with Crippen molar-refractivity contribution >= 4 is 34.8 Å². The third kappa shape index (κ3) is 3.95. The molecule has 0 aliphatic carbocycles. The van der Waals surface area contributed by atoms with Gasteiger partial charge in [-0.2, -0.15) is 5.10 Å². The maximum atomic E-state index is 12.2. The molecule has 0 saturated carbocycles. The van der Waals surface area contributed by atoms with E-state index in [4.69, 9.17) is 23.2 Å². The van der Waals surface area contributed by atoms with Gasteiger partial charge in [0.2, 0.25) is 5.91 Å². The van der Waals surface area contributed by atoms with Crippen molar-refractivity contribution in [3.05, 3.63) is 39.9 Å². The highest BCUT2D eigenvalue weighted by atomic mass is 35.5. The Balaban J connectivity index is 2.02. The number of aromatic nitrogens is 3. The highest BCUT2D eigenvalue weighted by Gasteiger charge is 2.16. The van der Waals surface area contributed by atoms with Gasteiger partial charge >= 0.3 is 0 Å². The zero-order valence-corrected chi connectivity index (χ0v) is 13.5. The smallest absolute Gasteiger partial charge is 0.229 e. The number of hydrogen-bond acceptors (Lipinski definition) is 3. The Labute approximate surface area is 133 Å². The fraction of sp³-hybridized carbons (Fsp3) is 0.357. The Kier molecular flexibility index (Phi) is 4.85. The van der Waals surface area contributed by atoms with Crippen molar-refractivity contribution < 1.29 is 4.79 Å². The second-order valence-corrected chi connectivity index (χ2v) is 5.72. The molecule has 0 saturated heterocycles. The number of anilines is 1. The fourth-order valence-corrected chi connectivity index (χ4v) is 2.21. The first-order valence-corrected chi connectivity index (χ1v) is 7.26. The lowest BCUT2D eigenvalue weighted by atomic mass is 10.1. The molecule has 0 bridgehead atoms. The van der Waals surface area contributed by atoms with Gasteiger partial charge in [0.15, 0.2) is 0 Å². The zero-order valence-electron chi connectivity index (χ0n) is 12.0. The first-order valence-electron chi connectivity index (χ1n) is 6.51. The SMILES string of the molecule is Cc1nc(C)n(C[C@@H](C)C(=O)Nc2ccc(Cl)c(Cl)c2)n1. The van der Waals surface area contributed by atoms with E-state index in [-0.39, 0.29) is 11.8 Å². The summed E-state index contributed by atoms with van der Waals surface area (Å²) in [6.45, 7) is 6.00. The maximum absolute atomic E-state index is 12.2. The number of rotatable bonds is 4. The normalized spacial score (nSPS) is 12.2. The predicted molar refractivity (Wildman–Crippen MR) is 83.8 cm³/mol. The molecule has 2 aromatic rings. The van der Waals surface area contributed by atoms with Crippen molar-refractivity contribution in [3.63, 3.8) is 0 Å². The van der Waals surface area contributed by atoms with Crippen molar-refractivity contribution in [3.8, 4) is 0 Å². The van der Waals surface area contributed by atoms with E-state index in [1.54, 1.807) is 22.9 Å². The Hall–Kier alpha value is -1.59. The molecule has 1 heterocycles. The number of nitrogens with one attached hydrogen (secondary N) is 1. The van der Waals surface area contributed by atoms with Crippen LogP contribution in [-0.2, 0) is 11.3 Å². The topological polar surface area (TPSA) is 59.8 Å². The lowest BCUT2D eigenvalue weighted by molar-refractivity contribution is -0.119. The van der Waals surface area contributed by atoms with Crippen molar-refractivity contribution in [1.82, 2.24) is 14.8 Å². The van der Waals surface area contributed by atoms with Crippen LogP contribution in [0.5, 0.6) is 0 Å². The number of amides is 1. The van der Waals surface area contributed by atoms with E-state index in [0.717, 1.165) is 5.82 Å². The Morgan fingerprint density at radius 1 is 1.33 bits per heavy atom. The van der Waals surface area contributed by atoms with Crippen LogP contribution in [0.4, 0.5) is 5.69 Å². The predicted octanol–water partition coefficient (Wildman–Crippen LogP) is 3.48. The van der Waals surface area contributed by atoms with E-state index < -0.39 is 0 Å². The summed E-state index contributed by atoms with van der Waals surface area (Å²) in [7, 11) is 0. The minimum Gasteiger partial charge on any atom is -0.326 e. The molecule has 21 heavy (non-hydrogen) atoms. The van der Waals surface area contributed by atoms with Gasteiger partial charge in [0.25, 0.3) is 0 Å². The molecular weight excluding hydrogens is 311 g/mol. The van der Waals surface area contributed by atoms with Crippen LogP contribution < -0.4 is 5.32 Å². The van der Waals surface area contributed by atoms with Crippen LogP contribution in [-0.4, -0.2) is 20.7 Å². The van der Waals surface area contributed by atoms with Gasteiger partial charge in [-0.3, -0.25) is 4.79 Å². The summed E-state index contributed by atoms with van der Waals surface area (Å²) in [5.74, 6) is 1.13. The number of halogens is 2. The molecule has 1 aromatic carbocycles. The second kappa shape index (κ2) is 6.45. The van der Waals surface area contributed by atoms with Crippen molar-refractivity contribution in [2.24, 2.45) is 5.92 Å². The molecule has 5 nitrogen and oxygen atoms in total. The number of hydrogen-bond donors (Lipinski definition) is 1. The van der Waals surface area contributed by atoms with Crippen LogP contribution in [0.25, 0.3) is 0 Å². The minimum absolute atomic E-state index is 0.110. The van der Waals surface area contributed by atoms with E-state index in [0.29, 0.717) is 28.1 Å². The number of benzene rings is 1. The summed E-state index contributed by atoms with van der Waals surface area (Å²) in [6, 6.07) is 4.98. The van der Waals surface area contributed by atoms with Gasteiger partial charge in [0, 0.05) is 5.69 Å². The second-order valence-electron chi connectivity index (χ2n) is 4.91. The van der Waals surface area contributed by atoms with Crippen LogP contribution in [0.2, 0.25) is 10.0 Å². The van der Waals surface area contributed by atoms with E-state index >= 15 is 0 Å². The van der Waals surface area contributed by atoms with Gasteiger partial charge < -0.3 is 5.32 Å². The quantitative estimate of drug-likeness (QED) is 0.935. The molecule has 7 heteroatoms. The monoisotopic (exact) mass is 326 g/mol. The van der Waals surface area contributed by atoms with Crippen molar-refractivity contribution in [2.45, 2.75) is 27.3 Å². The average Bonchev–Trinajstić information content (AvgIpc) is 2.72. The molecule has 0 aliphatic heterocycles. The lowest BCUT2D eigenvalue weighted by Crippen LogP contribution is -2.25. The van der Waals surface area contributed by atoms with Crippen molar-refractivity contribution in [1.29, 1.82) is 0 Å². The number of carbonyl (C=O) groups excluding carboxylic acids is 1. The highest BCUT2D eigenvalue weighted by molar-refractivity contribution is 6.42. The van der Waals surface area contributed by atoms with Gasteiger partial charge in [0.1, 0.15) is 11.6 Å². The van der Waals surface area contributed by atoms with Crippen LogP contribution in [0, 0.1) is 19.8 Å². The molecule has 1 atom stereocenters. The Bertz CT molecular complexity index is 669. The summed E-state index contributed by atoms with van der Waals surface area (Å²) in [4.78, 5) is 16.4. The van der Waals surface area contributed by atoms with E-state index in [9.17, 15) is 4.79 Å². The van der Waals surface area contributed by atoms with Crippen LogP contribution >= 0.6 is 23.2 Å². The van der Waals surface area contributed by atoms with Gasteiger partial charge in [-0.1, -0.05) is 30.1 Å². The van der Waals surface area contributed by atoms with Crippen molar-refractivity contribution in [2.75, 3.05) is 5.32 Å². The molecule has 0 radical (unpaired) electrons. The van der Waals surface area contributed by atoms with Crippen LogP contribution in [0.15, 0.2) is 18.2 Å². The maximum Gasteiger partial charge on any atom is 0.229 e. The standard InChI is InChI=1S/C14H16Cl2N4O/c1-8(7-20-10(3)17-9(2)19-20)14(21)18-11-4-5-12(15)13(16)6-11/h4-6,8H,7H2,1-3H3,(H,18,21)/t8-/m1/s1. The molecule has 0 fully saturated rings. The molecule has 1 amide bonds. The molecule has 0 unspecified atom stereocenters. The molecule has 0 spiro atoms. The Morgan fingerprint density at radius 2 is 2.05 bits per heavy atom. The molecule has 1 N–H and O–H groups in total. The van der Waals surface area contributed by atoms with Crippen LogP contribution in [0.1, 0.15) is 18.6 Å². The molecule has 112 valence electrons. The molecular formula is C14H16Cl2N4O. The van der Waals surface area contributed by atoms with Gasteiger partial charge in [0.05, 0.1) is 22.5 Å². The summed E-state index contributed by atoms with van der Waals surface area (Å²) in [6.07, 6.45) is 0. The van der Waals surface area contributed by atoms with E-state index in [1.165, 1.54) is 0 Å². The van der Waals surface area contributed by atoms with Gasteiger partial charge in [-0.15, -0.1) is 0 Å². The first kappa shape index (κ1) is 15.8. The largest absolute Gasteiger partial charge is 0.326 e.